The van der Waals surface area contributed by atoms with Gasteiger partial charge in [-0.15, -0.1) is 0 Å². The van der Waals surface area contributed by atoms with Crippen LogP contribution in [0.5, 0.6) is 0 Å². The molecule has 2 saturated heterocycles. The first-order valence-electron chi connectivity index (χ1n) is 9.98. The lowest BCUT2D eigenvalue weighted by molar-refractivity contribution is -0.133. The predicted octanol–water partition coefficient (Wildman–Crippen LogP) is 3.06. The summed E-state index contributed by atoms with van der Waals surface area (Å²) in [5.41, 5.74) is 0.622. The summed E-state index contributed by atoms with van der Waals surface area (Å²) in [7, 11) is 0. The Morgan fingerprint density at radius 2 is 1.54 bits per heavy atom. The van der Waals surface area contributed by atoms with E-state index in [9.17, 15) is 9.59 Å². The summed E-state index contributed by atoms with van der Waals surface area (Å²) in [5, 5.41) is 3.38. The van der Waals surface area contributed by atoms with E-state index in [4.69, 9.17) is 11.6 Å². The minimum atomic E-state index is -0.0710. The van der Waals surface area contributed by atoms with Gasteiger partial charge in [0, 0.05) is 43.7 Å². The number of hydrogen-bond acceptors (Lipinski definition) is 4. The third-order valence-electron chi connectivity index (χ3n) is 5.35. The van der Waals surface area contributed by atoms with Crippen LogP contribution < -0.4 is 5.32 Å². The third-order valence-corrected chi connectivity index (χ3v) is 6.16. The topological polar surface area (TPSA) is 55.9 Å². The predicted molar refractivity (Wildman–Crippen MR) is 116 cm³/mol. The molecule has 0 radical (unpaired) electrons. The average molecular weight is 472 g/mol. The summed E-state index contributed by atoms with van der Waals surface area (Å²) in [6, 6.07) is 5.40. The summed E-state index contributed by atoms with van der Waals surface area (Å²) >= 11 is 9.51. The van der Waals surface area contributed by atoms with Crippen molar-refractivity contribution >= 4 is 45.0 Å². The Hall–Kier alpha value is -1.15. The van der Waals surface area contributed by atoms with Gasteiger partial charge >= 0.3 is 0 Å². The van der Waals surface area contributed by atoms with E-state index < -0.39 is 0 Å². The van der Waals surface area contributed by atoms with Gasteiger partial charge in [0.05, 0.1) is 23.8 Å². The number of piperazine rings is 1. The van der Waals surface area contributed by atoms with Crippen LogP contribution in [0.3, 0.4) is 0 Å². The number of carbonyl (C=O) groups excluding carboxylic acids is 2. The van der Waals surface area contributed by atoms with Crippen molar-refractivity contribution in [2.75, 3.05) is 57.7 Å². The Morgan fingerprint density at radius 1 is 0.929 bits per heavy atom. The van der Waals surface area contributed by atoms with E-state index in [2.05, 4.69) is 31.0 Å². The largest absolute Gasteiger partial charge is 0.342 e. The number of hydrogen-bond donors (Lipinski definition) is 1. The highest BCUT2D eigenvalue weighted by atomic mass is 79.9. The number of anilines is 1. The Bertz CT molecular complexity index is 687. The summed E-state index contributed by atoms with van der Waals surface area (Å²) in [6.07, 6.45) is 4.71. The van der Waals surface area contributed by atoms with Crippen LogP contribution in [0.1, 0.15) is 25.7 Å². The maximum absolute atomic E-state index is 12.5. The fraction of sp³-hybridized carbons (Fsp3) is 0.600. The van der Waals surface area contributed by atoms with Gasteiger partial charge in [0.1, 0.15) is 0 Å². The molecule has 6 nitrogen and oxygen atoms in total. The fourth-order valence-corrected chi connectivity index (χ4v) is 4.42. The smallest absolute Gasteiger partial charge is 0.238 e. The van der Waals surface area contributed by atoms with Gasteiger partial charge in [-0.05, 0) is 31.0 Å². The molecule has 0 bridgehead atoms. The molecule has 0 spiro atoms. The van der Waals surface area contributed by atoms with Gasteiger partial charge in [-0.3, -0.25) is 19.4 Å². The SMILES string of the molecule is O=C(CN1CCN(CC(=O)N2CCCCCC2)CC1)Nc1ccc(Br)cc1Cl. The number of amides is 2. The van der Waals surface area contributed by atoms with Crippen LogP contribution >= 0.6 is 27.5 Å². The van der Waals surface area contributed by atoms with Gasteiger partial charge in [-0.1, -0.05) is 40.4 Å². The van der Waals surface area contributed by atoms with Crippen molar-refractivity contribution in [3.63, 3.8) is 0 Å². The van der Waals surface area contributed by atoms with E-state index >= 15 is 0 Å². The first-order chi connectivity index (χ1) is 13.5. The number of carbonyl (C=O) groups is 2. The molecular formula is C20H28BrClN4O2. The molecule has 2 aliphatic rings. The van der Waals surface area contributed by atoms with Crippen LogP contribution in [0, 0.1) is 0 Å². The quantitative estimate of drug-likeness (QED) is 0.717. The van der Waals surface area contributed by atoms with Gasteiger partial charge in [0.25, 0.3) is 0 Å². The molecule has 1 N–H and O–H groups in total. The van der Waals surface area contributed by atoms with Crippen LogP contribution in [0.15, 0.2) is 22.7 Å². The minimum Gasteiger partial charge on any atom is -0.342 e. The van der Waals surface area contributed by atoms with Crippen molar-refractivity contribution in [1.29, 1.82) is 0 Å². The molecule has 0 atom stereocenters. The number of benzene rings is 1. The highest BCUT2D eigenvalue weighted by Gasteiger charge is 2.23. The molecule has 1 aromatic rings. The first-order valence-corrected chi connectivity index (χ1v) is 11.2. The van der Waals surface area contributed by atoms with E-state index in [1.165, 1.54) is 12.8 Å². The normalized spacial score (nSPS) is 19.3. The Labute approximate surface area is 180 Å². The molecular weight excluding hydrogens is 444 g/mol. The molecule has 2 heterocycles. The molecule has 0 unspecified atom stereocenters. The van der Waals surface area contributed by atoms with E-state index in [-0.39, 0.29) is 11.8 Å². The second-order valence-electron chi connectivity index (χ2n) is 7.52. The number of likely N-dealkylation sites (tertiary alicyclic amines) is 1. The zero-order valence-corrected chi connectivity index (χ0v) is 18.5. The Balaban J connectivity index is 1.39. The van der Waals surface area contributed by atoms with Crippen LogP contribution in [0.2, 0.25) is 5.02 Å². The molecule has 2 fully saturated rings. The number of nitrogens with zero attached hydrogens (tertiary/aromatic N) is 3. The van der Waals surface area contributed by atoms with Gasteiger partial charge < -0.3 is 10.2 Å². The van der Waals surface area contributed by atoms with Crippen molar-refractivity contribution in [2.24, 2.45) is 0 Å². The van der Waals surface area contributed by atoms with Crippen LogP contribution in [0.25, 0.3) is 0 Å². The molecule has 1 aromatic carbocycles. The first kappa shape index (κ1) is 21.6. The van der Waals surface area contributed by atoms with E-state index in [0.717, 1.165) is 56.6 Å². The summed E-state index contributed by atoms with van der Waals surface area (Å²) < 4.78 is 0.876. The van der Waals surface area contributed by atoms with Crippen molar-refractivity contribution < 1.29 is 9.59 Å². The van der Waals surface area contributed by atoms with Crippen molar-refractivity contribution in [3.05, 3.63) is 27.7 Å². The monoisotopic (exact) mass is 470 g/mol. The Morgan fingerprint density at radius 3 is 2.14 bits per heavy atom. The molecule has 28 heavy (non-hydrogen) atoms. The molecule has 0 saturated carbocycles. The fourth-order valence-electron chi connectivity index (χ4n) is 3.70. The van der Waals surface area contributed by atoms with E-state index in [1.54, 1.807) is 12.1 Å². The molecule has 2 aliphatic heterocycles. The van der Waals surface area contributed by atoms with Gasteiger partial charge in [-0.2, -0.15) is 0 Å². The third kappa shape index (κ3) is 6.44. The molecule has 154 valence electrons. The second-order valence-corrected chi connectivity index (χ2v) is 8.84. The van der Waals surface area contributed by atoms with Crippen LogP contribution in [-0.2, 0) is 9.59 Å². The maximum atomic E-state index is 12.5. The highest BCUT2D eigenvalue weighted by molar-refractivity contribution is 9.10. The van der Waals surface area contributed by atoms with Gasteiger partial charge in [0.15, 0.2) is 0 Å². The standard InChI is InChI=1S/C20H28BrClN4O2/c21-16-5-6-18(17(22)13-16)23-19(27)14-24-9-11-25(12-10-24)15-20(28)26-7-3-1-2-4-8-26/h5-6,13H,1-4,7-12,14-15H2,(H,23,27). The molecule has 0 aliphatic carbocycles. The lowest BCUT2D eigenvalue weighted by atomic mass is 10.2. The maximum Gasteiger partial charge on any atom is 0.238 e. The molecule has 2 amide bonds. The summed E-state index contributed by atoms with van der Waals surface area (Å²) in [5.74, 6) is 0.177. The Kier molecular flexibility index (Phi) is 8.14. The molecule has 0 aromatic heterocycles. The molecule has 8 heteroatoms. The zero-order chi connectivity index (χ0) is 19.9. The van der Waals surface area contributed by atoms with E-state index in [0.29, 0.717) is 23.8 Å². The van der Waals surface area contributed by atoms with Crippen molar-refractivity contribution in [1.82, 2.24) is 14.7 Å². The minimum absolute atomic E-state index is 0.0710. The lowest BCUT2D eigenvalue weighted by Crippen LogP contribution is -2.51. The van der Waals surface area contributed by atoms with Gasteiger partial charge in [-0.25, -0.2) is 0 Å². The summed E-state index contributed by atoms with van der Waals surface area (Å²) in [4.78, 5) is 31.2. The average Bonchev–Trinajstić information content (AvgIpc) is 2.95. The number of rotatable bonds is 5. The zero-order valence-electron chi connectivity index (χ0n) is 16.1. The van der Waals surface area contributed by atoms with Crippen LogP contribution in [0.4, 0.5) is 5.69 Å². The highest BCUT2D eigenvalue weighted by Crippen LogP contribution is 2.25. The van der Waals surface area contributed by atoms with Crippen molar-refractivity contribution in [3.8, 4) is 0 Å². The number of halogens is 2. The number of nitrogens with one attached hydrogen (secondary N) is 1. The molecule has 3 rings (SSSR count). The second kappa shape index (κ2) is 10.6. The van der Waals surface area contributed by atoms with E-state index in [1.807, 2.05) is 11.0 Å². The lowest BCUT2D eigenvalue weighted by Gasteiger charge is -2.35. The van der Waals surface area contributed by atoms with Gasteiger partial charge in [0.2, 0.25) is 11.8 Å². The van der Waals surface area contributed by atoms with Crippen LogP contribution in [-0.4, -0.2) is 78.9 Å². The van der Waals surface area contributed by atoms with Crippen molar-refractivity contribution in [2.45, 2.75) is 25.7 Å². The summed E-state index contributed by atoms with van der Waals surface area (Å²) in [6.45, 7) is 5.82.